The number of aliphatic hydroxyl groups excluding tert-OH is 1. The van der Waals surface area contributed by atoms with Gasteiger partial charge in [-0.3, -0.25) is 0 Å². The Balaban J connectivity index is 1.88. The summed E-state index contributed by atoms with van der Waals surface area (Å²) in [7, 11) is -3.43. The Morgan fingerprint density at radius 1 is 1.29 bits per heavy atom. The first-order valence-electron chi connectivity index (χ1n) is 7.82. The van der Waals surface area contributed by atoms with Crippen molar-refractivity contribution in [3.8, 4) is 0 Å². The molecule has 116 valence electrons. The topological polar surface area (TPSA) is 57.6 Å². The quantitative estimate of drug-likeness (QED) is 0.842. The van der Waals surface area contributed by atoms with E-state index < -0.39 is 16.1 Å². The molecule has 0 spiro atoms. The first-order chi connectivity index (χ1) is 10.0. The minimum Gasteiger partial charge on any atom is -0.388 e. The van der Waals surface area contributed by atoms with Crippen LogP contribution in [0.3, 0.4) is 0 Å². The van der Waals surface area contributed by atoms with Crippen molar-refractivity contribution < 1.29 is 13.5 Å². The molecule has 2 aliphatic carbocycles. The normalized spacial score (nSPS) is 20.7. The number of rotatable bonds is 7. The second-order valence-electron chi connectivity index (χ2n) is 6.25. The molecule has 0 radical (unpaired) electrons. The molecule has 1 atom stereocenters. The molecule has 0 amide bonds. The first kappa shape index (κ1) is 15.0. The largest absolute Gasteiger partial charge is 0.388 e. The van der Waals surface area contributed by atoms with Crippen molar-refractivity contribution in [1.29, 1.82) is 0 Å². The van der Waals surface area contributed by atoms with Crippen LogP contribution >= 0.6 is 0 Å². The van der Waals surface area contributed by atoms with Gasteiger partial charge in [0.05, 0.1) is 11.0 Å². The van der Waals surface area contributed by atoms with Gasteiger partial charge in [-0.2, -0.15) is 4.31 Å². The van der Waals surface area contributed by atoms with Gasteiger partial charge in [0.15, 0.2) is 0 Å². The zero-order valence-corrected chi connectivity index (χ0v) is 13.2. The van der Waals surface area contributed by atoms with Gasteiger partial charge < -0.3 is 5.11 Å². The Kier molecular flexibility index (Phi) is 4.08. The van der Waals surface area contributed by atoms with Gasteiger partial charge in [-0.15, -0.1) is 0 Å². The molecule has 1 unspecified atom stereocenters. The molecule has 1 aromatic rings. The number of benzene rings is 1. The standard InChI is InChI=1S/C16H23NO3S/c1-2-16(18)13-4-3-5-15(10-13)21(19,20)17(14-8-9-14)11-12-6-7-12/h3-5,10,12,14,16,18H,2,6-9,11H2,1H3. The maximum atomic E-state index is 12.9. The summed E-state index contributed by atoms with van der Waals surface area (Å²) in [6, 6.07) is 6.98. The Bertz CT molecular complexity index is 606. The molecule has 0 aliphatic heterocycles. The fourth-order valence-corrected chi connectivity index (χ4v) is 4.43. The molecule has 0 saturated heterocycles. The molecule has 1 aromatic carbocycles. The summed E-state index contributed by atoms with van der Waals surface area (Å²) >= 11 is 0. The molecule has 1 N–H and O–H groups in total. The lowest BCUT2D eigenvalue weighted by atomic mass is 10.1. The van der Waals surface area contributed by atoms with E-state index in [0.29, 0.717) is 29.3 Å². The minimum absolute atomic E-state index is 0.190. The number of hydrogen-bond acceptors (Lipinski definition) is 3. The molecule has 3 rings (SSSR count). The minimum atomic E-state index is -3.43. The molecule has 5 heteroatoms. The van der Waals surface area contributed by atoms with Gasteiger partial charge in [-0.05, 0) is 55.7 Å². The smallest absolute Gasteiger partial charge is 0.243 e. The first-order valence-corrected chi connectivity index (χ1v) is 9.26. The monoisotopic (exact) mass is 309 g/mol. The molecule has 21 heavy (non-hydrogen) atoms. The van der Waals surface area contributed by atoms with E-state index in [1.165, 1.54) is 0 Å². The molecular weight excluding hydrogens is 286 g/mol. The summed E-state index contributed by atoms with van der Waals surface area (Å²) in [5, 5.41) is 9.93. The maximum absolute atomic E-state index is 12.9. The van der Waals surface area contributed by atoms with Gasteiger partial charge in [-0.1, -0.05) is 19.1 Å². The van der Waals surface area contributed by atoms with Crippen molar-refractivity contribution >= 4 is 10.0 Å². The van der Waals surface area contributed by atoms with E-state index in [4.69, 9.17) is 0 Å². The van der Waals surface area contributed by atoms with E-state index in [0.717, 1.165) is 25.7 Å². The lowest BCUT2D eigenvalue weighted by Crippen LogP contribution is -2.35. The summed E-state index contributed by atoms with van der Waals surface area (Å²) in [5.74, 6) is 0.546. The van der Waals surface area contributed by atoms with Crippen LogP contribution < -0.4 is 0 Å². The van der Waals surface area contributed by atoms with Crippen molar-refractivity contribution in [2.45, 2.75) is 56.1 Å². The van der Waals surface area contributed by atoms with Gasteiger partial charge in [-0.25, -0.2) is 8.42 Å². The van der Waals surface area contributed by atoms with E-state index in [1.807, 2.05) is 6.92 Å². The van der Waals surface area contributed by atoms with Crippen molar-refractivity contribution in [3.63, 3.8) is 0 Å². The molecule has 0 bridgehead atoms. The average molecular weight is 309 g/mol. The van der Waals surface area contributed by atoms with Crippen LogP contribution in [0.25, 0.3) is 0 Å². The maximum Gasteiger partial charge on any atom is 0.243 e. The number of nitrogens with zero attached hydrogens (tertiary/aromatic N) is 1. The van der Waals surface area contributed by atoms with Gasteiger partial charge in [0.2, 0.25) is 10.0 Å². The predicted molar refractivity (Wildman–Crippen MR) is 81.3 cm³/mol. The third kappa shape index (κ3) is 3.30. The summed E-state index contributed by atoms with van der Waals surface area (Å²) in [6.45, 7) is 2.54. The highest BCUT2D eigenvalue weighted by Crippen LogP contribution is 2.38. The third-order valence-electron chi connectivity index (χ3n) is 4.33. The fraction of sp³-hybridized carbons (Fsp3) is 0.625. The average Bonchev–Trinajstić information content (AvgIpc) is 3.37. The molecule has 0 aromatic heterocycles. The SMILES string of the molecule is CCC(O)c1cccc(S(=O)(=O)N(CC2CC2)C2CC2)c1. The third-order valence-corrected chi connectivity index (χ3v) is 6.24. The highest BCUT2D eigenvalue weighted by Gasteiger charge is 2.41. The van der Waals surface area contributed by atoms with Crippen LogP contribution in [0, 0.1) is 5.92 Å². The molecule has 2 aliphatic rings. The van der Waals surface area contributed by atoms with Crippen molar-refractivity contribution in [3.05, 3.63) is 29.8 Å². The Morgan fingerprint density at radius 2 is 2.00 bits per heavy atom. The van der Waals surface area contributed by atoms with Crippen LogP contribution in [-0.2, 0) is 10.0 Å². The van der Waals surface area contributed by atoms with Crippen molar-refractivity contribution in [2.24, 2.45) is 5.92 Å². The number of hydrogen-bond donors (Lipinski definition) is 1. The van der Waals surface area contributed by atoms with Crippen LogP contribution in [-0.4, -0.2) is 30.4 Å². The van der Waals surface area contributed by atoms with Crippen LogP contribution in [0.5, 0.6) is 0 Å². The van der Waals surface area contributed by atoms with Gasteiger partial charge in [0, 0.05) is 12.6 Å². The summed E-state index contributed by atoms with van der Waals surface area (Å²) in [5.41, 5.74) is 0.681. The fourth-order valence-electron chi connectivity index (χ4n) is 2.61. The van der Waals surface area contributed by atoms with Gasteiger partial charge in [0.25, 0.3) is 0 Å². The second kappa shape index (κ2) is 5.71. The van der Waals surface area contributed by atoms with Gasteiger partial charge >= 0.3 is 0 Å². The number of sulfonamides is 1. The van der Waals surface area contributed by atoms with E-state index in [2.05, 4.69) is 0 Å². The van der Waals surface area contributed by atoms with E-state index in [9.17, 15) is 13.5 Å². The molecule has 2 saturated carbocycles. The van der Waals surface area contributed by atoms with Crippen LogP contribution in [0.4, 0.5) is 0 Å². The zero-order valence-electron chi connectivity index (χ0n) is 12.4. The van der Waals surface area contributed by atoms with Gasteiger partial charge in [0.1, 0.15) is 0 Å². The highest BCUT2D eigenvalue weighted by molar-refractivity contribution is 7.89. The lowest BCUT2D eigenvalue weighted by molar-refractivity contribution is 0.173. The Hall–Kier alpha value is -0.910. The van der Waals surface area contributed by atoms with E-state index >= 15 is 0 Å². The molecule has 2 fully saturated rings. The van der Waals surface area contributed by atoms with Crippen molar-refractivity contribution in [2.75, 3.05) is 6.54 Å². The van der Waals surface area contributed by atoms with Crippen LogP contribution in [0.15, 0.2) is 29.2 Å². The molecular formula is C16H23NO3S. The summed E-state index contributed by atoms with van der Waals surface area (Å²) in [6.07, 6.45) is 4.23. The summed E-state index contributed by atoms with van der Waals surface area (Å²) < 4.78 is 27.5. The Labute approximate surface area is 126 Å². The van der Waals surface area contributed by atoms with E-state index in [1.54, 1.807) is 28.6 Å². The predicted octanol–water partition coefficient (Wildman–Crippen LogP) is 2.69. The second-order valence-corrected chi connectivity index (χ2v) is 8.14. The van der Waals surface area contributed by atoms with Crippen LogP contribution in [0.1, 0.15) is 50.7 Å². The van der Waals surface area contributed by atoms with Crippen LogP contribution in [0.2, 0.25) is 0 Å². The zero-order chi connectivity index (χ0) is 15.0. The van der Waals surface area contributed by atoms with Crippen molar-refractivity contribution in [1.82, 2.24) is 4.31 Å². The van der Waals surface area contributed by atoms with E-state index in [-0.39, 0.29) is 6.04 Å². The Morgan fingerprint density at radius 3 is 2.57 bits per heavy atom. The summed E-state index contributed by atoms with van der Waals surface area (Å²) in [4.78, 5) is 0.319. The molecule has 0 heterocycles. The highest BCUT2D eigenvalue weighted by atomic mass is 32.2. The lowest BCUT2D eigenvalue weighted by Gasteiger charge is -2.22. The number of aliphatic hydroxyl groups is 1. The molecule has 4 nitrogen and oxygen atoms in total.